The summed E-state index contributed by atoms with van der Waals surface area (Å²) in [6.07, 6.45) is 6.12. The highest BCUT2D eigenvalue weighted by atomic mass is 15.3. The standard InChI is InChI=1S/C8H11N3/c1-11-8(4-6-10-11)7-3-2-5-9-7/h2-4,6-7,9H,5H2,1H3. The Morgan fingerprint density at radius 1 is 1.73 bits per heavy atom. The number of rotatable bonds is 1. The van der Waals surface area contributed by atoms with Gasteiger partial charge in [0.25, 0.3) is 0 Å². The van der Waals surface area contributed by atoms with E-state index in [9.17, 15) is 0 Å². The van der Waals surface area contributed by atoms with Crippen molar-refractivity contribution in [3.63, 3.8) is 0 Å². The van der Waals surface area contributed by atoms with Gasteiger partial charge in [0.15, 0.2) is 0 Å². The summed E-state index contributed by atoms with van der Waals surface area (Å²) in [7, 11) is 1.96. The molecule has 1 atom stereocenters. The molecule has 2 heterocycles. The third-order valence-electron chi connectivity index (χ3n) is 1.96. The lowest BCUT2D eigenvalue weighted by atomic mass is 10.2. The number of hydrogen-bond acceptors (Lipinski definition) is 2. The van der Waals surface area contributed by atoms with E-state index in [0.717, 1.165) is 6.54 Å². The van der Waals surface area contributed by atoms with Gasteiger partial charge in [0, 0.05) is 19.8 Å². The molecule has 0 radical (unpaired) electrons. The molecule has 0 aromatic carbocycles. The topological polar surface area (TPSA) is 29.9 Å². The second kappa shape index (κ2) is 2.51. The molecule has 3 nitrogen and oxygen atoms in total. The summed E-state index contributed by atoms with van der Waals surface area (Å²) in [5, 5.41) is 7.43. The highest BCUT2D eigenvalue weighted by Gasteiger charge is 2.12. The average molecular weight is 149 g/mol. The molecule has 1 aliphatic heterocycles. The molecule has 0 fully saturated rings. The molecule has 0 aliphatic carbocycles. The predicted molar refractivity (Wildman–Crippen MR) is 43.1 cm³/mol. The van der Waals surface area contributed by atoms with Crippen LogP contribution in [0.5, 0.6) is 0 Å². The van der Waals surface area contributed by atoms with Crippen molar-refractivity contribution in [2.24, 2.45) is 7.05 Å². The van der Waals surface area contributed by atoms with Gasteiger partial charge < -0.3 is 5.32 Å². The van der Waals surface area contributed by atoms with Crippen LogP contribution >= 0.6 is 0 Å². The minimum absolute atomic E-state index is 0.363. The van der Waals surface area contributed by atoms with E-state index in [4.69, 9.17) is 0 Å². The first-order valence-corrected chi connectivity index (χ1v) is 3.76. The molecule has 3 heteroatoms. The van der Waals surface area contributed by atoms with Crippen molar-refractivity contribution in [3.05, 3.63) is 30.1 Å². The summed E-state index contributed by atoms with van der Waals surface area (Å²) in [6.45, 7) is 0.968. The van der Waals surface area contributed by atoms with Gasteiger partial charge in [-0.25, -0.2) is 0 Å². The Labute approximate surface area is 65.7 Å². The van der Waals surface area contributed by atoms with Gasteiger partial charge >= 0.3 is 0 Å². The van der Waals surface area contributed by atoms with E-state index in [2.05, 4.69) is 22.6 Å². The first-order valence-electron chi connectivity index (χ1n) is 3.76. The van der Waals surface area contributed by atoms with Gasteiger partial charge in [-0.2, -0.15) is 5.10 Å². The smallest absolute Gasteiger partial charge is 0.0680 e. The molecule has 0 saturated carbocycles. The Bertz CT molecular complexity index is 275. The van der Waals surface area contributed by atoms with Gasteiger partial charge in [-0.3, -0.25) is 4.68 Å². The van der Waals surface area contributed by atoms with Crippen LogP contribution in [0.4, 0.5) is 0 Å². The molecule has 1 aromatic heterocycles. The molecule has 2 rings (SSSR count). The molecule has 1 aliphatic rings. The first-order chi connectivity index (χ1) is 5.38. The Balaban J connectivity index is 2.28. The van der Waals surface area contributed by atoms with Crippen molar-refractivity contribution in [1.82, 2.24) is 15.1 Å². The lowest BCUT2D eigenvalue weighted by Crippen LogP contribution is -2.16. The monoisotopic (exact) mass is 149 g/mol. The molecule has 1 N–H and O–H groups in total. The summed E-state index contributed by atoms with van der Waals surface area (Å²) in [5.74, 6) is 0. The highest BCUT2D eigenvalue weighted by molar-refractivity contribution is 5.17. The van der Waals surface area contributed by atoms with Crippen LogP contribution in [-0.4, -0.2) is 16.3 Å². The van der Waals surface area contributed by atoms with Gasteiger partial charge in [-0.1, -0.05) is 12.2 Å². The van der Waals surface area contributed by atoms with E-state index in [-0.39, 0.29) is 0 Å². The Kier molecular flexibility index (Phi) is 1.51. The third-order valence-corrected chi connectivity index (χ3v) is 1.96. The maximum absolute atomic E-state index is 4.10. The molecule has 58 valence electrons. The summed E-state index contributed by atoms with van der Waals surface area (Å²) in [5.41, 5.74) is 1.22. The van der Waals surface area contributed by atoms with Crippen LogP contribution in [0.2, 0.25) is 0 Å². The zero-order valence-corrected chi connectivity index (χ0v) is 6.49. The Morgan fingerprint density at radius 3 is 3.18 bits per heavy atom. The van der Waals surface area contributed by atoms with Crippen molar-refractivity contribution in [2.75, 3.05) is 6.54 Å². The summed E-state index contributed by atoms with van der Waals surface area (Å²) in [6, 6.07) is 2.40. The van der Waals surface area contributed by atoms with Crippen molar-refractivity contribution < 1.29 is 0 Å². The zero-order chi connectivity index (χ0) is 7.68. The zero-order valence-electron chi connectivity index (χ0n) is 6.49. The first kappa shape index (κ1) is 6.61. The van der Waals surface area contributed by atoms with Gasteiger partial charge in [0.1, 0.15) is 0 Å². The Morgan fingerprint density at radius 2 is 2.64 bits per heavy atom. The quantitative estimate of drug-likeness (QED) is 0.593. The summed E-state index contributed by atoms with van der Waals surface area (Å²) >= 11 is 0. The van der Waals surface area contributed by atoms with Crippen LogP contribution in [0.3, 0.4) is 0 Å². The third kappa shape index (κ3) is 1.07. The SMILES string of the molecule is Cn1nccc1C1C=CCN1. The molecule has 1 unspecified atom stereocenters. The van der Waals surface area contributed by atoms with Gasteiger partial charge in [0.2, 0.25) is 0 Å². The second-order valence-electron chi connectivity index (χ2n) is 2.69. The molecule has 0 amide bonds. The predicted octanol–water partition coefficient (Wildman–Crippen LogP) is 0.621. The van der Waals surface area contributed by atoms with Crippen LogP contribution < -0.4 is 5.32 Å². The fourth-order valence-electron chi connectivity index (χ4n) is 1.36. The van der Waals surface area contributed by atoms with Crippen molar-refractivity contribution in [3.8, 4) is 0 Å². The second-order valence-corrected chi connectivity index (χ2v) is 2.69. The normalized spacial score (nSPS) is 22.8. The summed E-state index contributed by atoms with van der Waals surface area (Å²) < 4.78 is 1.90. The maximum Gasteiger partial charge on any atom is 0.0680 e. The van der Waals surface area contributed by atoms with E-state index in [1.807, 2.05) is 24.0 Å². The van der Waals surface area contributed by atoms with E-state index >= 15 is 0 Å². The Hall–Kier alpha value is -1.09. The number of hydrogen-bond donors (Lipinski definition) is 1. The molecular weight excluding hydrogens is 138 g/mol. The van der Waals surface area contributed by atoms with Crippen LogP contribution in [-0.2, 0) is 7.05 Å². The summed E-state index contributed by atoms with van der Waals surface area (Å²) in [4.78, 5) is 0. The van der Waals surface area contributed by atoms with Crippen LogP contribution in [0.15, 0.2) is 24.4 Å². The van der Waals surface area contributed by atoms with Gasteiger partial charge in [-0.05, 0) is 6.07 Å². The van der Waals surface area contributed by atoms with Crippen LogP contribution in [0.1, 0.15) is 11.7 Å². The van der Waals surface area contributed by atoms with E-state index in [1.165, 1.54) is 5.69 Å². The minimum atomic E-state index is 0.363. The van der Waals surface area contributed by atoms with Crippen molar-refractivity contribution in [1.29, 1.82) is 0 Å². The van der Waals surface area contributed by atoms with Crippen LogP contribution in [0.25, 0.3) is 0 Å². The number of aromatic nitrogens is 2. The fourth-order valence-corrected chi connectivity index (χ4v) is 1.36. The molecule has 0 spiro atoms. The molecule has 1 aromatic rings. The van der Waals surface area contributed by atoms with E-state index < -0.39 is 0 Å². The lowest BCUT2D eigenvalue weighted by molar-refractivity contribution is 0.621. The largest absolute Gasteiger partial charge is 0.302 e. The maximum atomic E-state index is 4.10. The lowest BCUT2D eigenvalue weighted by Gasteiger charge is -2.08. The van der Waals surface area contributed by atoms with Crippen molar-refractivity contribution >= 4 is 0 Å². The molecular formula is C8H11N3. The average Bonchev–Trinajstić information content (AvgIpc) is 2.55. The number of nitrogens with one attached hydrogen (secondary N) is 1. The minimum Gasteiger partial charge on any atom is -0.302 e. The highest BCUT2D eigenvalue weighted by Crippen LogP contribution is 2.15. The van der Waals surface area contributed by atoms with Gasteiger partial charge in [0.05, 0.1) is 11.7 Å². The molecule has 0 saturated heterocycles. The van der Waals surface area contributed by atoms with Gasteiger partial charge in [-0.15, -0.1) is 0 Å². The van der Waals surface area contributed by atoms with Crippen LogP contribution in [0, 0.1) is 0 Å². The molecule has 11 heavy (non-hydrogen) atoms. The fraction of sp³-hybridized carbons (Fsp3) is 0.375. The van der Waals surface area contributed by atoms with E-state index in [1.54, 1.807) is 0 Å². The number of aryl methyl sites for hydroxylation is 1. The molecule has 0 bridgehead atoms. The number of nitrogens with zero attached hydrogens (tertiary/aromatic N) is 2. The van der Waals surface area contributed by atoms with Crippen molar-refractivity contribution in [2.45, 2.75) is 6.04 Å². The van der Waals surface area contributed by atoms with E-state index in [0.29, 0.717) is 6.04 Å².